The second-order valence-electron chi connectivity index (χ2n) is 4.65. The molecule has 2 aromatic rings. The van der Waals surface area contributed by atoms with E-state index in [1.165, 1.54) is 12.5 Å². The molecule has 0 bridgehead atoms. The lowest BCUT2D eigenvalue weighted by molar-refractivity contribution is 0.0988. The molecule has 0 amide bonds. The monoisotopic (exact) mass is 242 g/mol. The van der Waals surface area contributed by atoms with Crippen molar-refractivity contribution in [2.24, 2.45) is 0 Å². The van der Waals surface area contributed by atoms with Gasteiger partial charge in [0.25, 0.3) is 0 Å². The third kappa shape index (κ3) is 2.53. The van der Waals surface area contributed by atoms with Crippen molar-refractivity contribution in [2.45, 2.75) is 33.1 Å². The molecule has 2 rings (SSSR count). The minimum absolute atomic E-state index is 0.0440. The van der Waals surface area contributed by atoms with Gasteiger partial charge in [0.1, 0.15) is 5.76 Å². The number of ketones is 1. The molecule has 2 heteroatoms. The lowest BCUT2D eigenvalue weighted by atomic mass is 9.97. The largest absolute Gasteiger partial charge is 0.453 e. The summed E-state index contributed by atoms with van der Waals surface area (Å²) in [6.45, 7) is 5.91. The van der Waals surface area contributed by atoms with E-state index in [4.69, 9.17) is 4.42 Å². The van der Waals surface area contributed by atoms with Gasteiger partial charge >= 0.3 is 0 Å². The van der Waals surface area contributed by atoms with Crippen LogP contribution in [0.5, 0.6) is 0 Å². The summed E-state index contributed by atoms with van der Waals surface area (Å²) in [6, 6.07) is 11.9. The van der Waals surface area contributed by atoms with E-state index >= 15 is 0 Å². The summed E-state index contributed by atoms with van der Waals surface area (Å²) in [5.41, 5.74) is 2.34. The van der Waals surface area contributed by atoms with Crippen molar-refractivity contribution in [3.05, 3.63) is 47.7 Å². The van der Waals surface area contributed by atoms with Crippen LogP contribution in [-0.2, 0) is 0 Å². The van der Waals surface area contributed by atoms with Crippen molar-refractivity contribution < 1.29 is 9.21 Å². The third-order valence-electron chi connectivity index (χ3n) is 3.33. The Bertz CT molecular complexity index is 534. The molecule has 1 aromatic heterocycles. The van der Waals surface area contributed by atoms with Crippen LogP contribution in [0.15, 0.2) is 40.8 Å². The second-order valence-corrected chi connectivity index (χ2v) is 4.65. The molecule has 0 fully saturated rings. The number of carbonyl (C=O) groups is 1. The van der Waals surface area contributed by atoms with Gasteiger partial charge in [0.2, 0.25) is 0 Å². The number of Topliss-reactive ketones (excluding diaryl/α,β-unsaturated/α-hetero) is 1. The first-order valence-electron chi connectivity index (χ1n) is 6.33. The fourth-order valence-electron chi connectivity index (χ4n) is 1.89. The molecule has 0 saturated carbocycles. The Labute approximate surface area is 108 Å². The zero-order valence-corrected chi connectivity index (χ0v) is 11.1. The molecule has 0 N–H and O–H groups in total. The van der Waals surface area contributed by atoms with Gasteiger partial charge in [-0.2, -0.15) is 0 Å². The molecule has 1 heterocycles. The van der Waals surface area contributed by atoms with Crippen LogP contribution < -0.4 is 0 Å². The van der Waals surface area contributed by atoms with Gasteiger partial charge in [0.15, 0.2) is 11.5 Å². The summed E-state index contributed by atoms with van der Waals surface area (Å²) in [5, 5.41) is 0. The van der Waals surface area contributed by atoms with Crippen LogP contribution in [-0.4, -0.2) is 5.78 Å². The fraction of sp³-hybridized carbons (Fsp3) is 0.312. The second kappa shape index (κ2) is 5.21. The lowest BCUT2D eigenvalue weighted by Crippen LogP contribution is -1.90. The molecule has 0 aliphatic heterocycles. The van der Waals surface area contributed by atoms with Crippen molar-refractivity contribution in [1.82, 2.24) is 0 Å². The summed E-state index contributed by atoms with van der Waals surface area (Å²) in [5.74, 6) is 1.69. The molecular weight excluding hydrogens is 224 g/mol. The molecule has 18 heavy (non-hydrogen) atoms. The highest BCUT2D eigenvalue weighted by atomic mass is 16.3. The van der Waals surface area contributed by atoms with Crippen LogP contribution in [0.2, 0.25) is 0 Å². The molecule has 0 saturated heterocycles. The summed E-state index contributed by atoms with van der Waals surface area (Å²) < 4.78 is 5.51. The maximum atomic E-state index is 11.2. The van der Waals surface area contributed by atoms with Crippen LogP contribution >= 0.6 is 0 Å². The number of rotatable bonds is 4. The molecule has 94 valence electrons. The van der Waals surface area contributed by atoms with Gasteiger partial charge in [-0.05, 0) is 30.0 Å². The summed E-state index contributed by atoms with van der Waals surface area (Å²) >= 11 is 0. The van der Waals surface area contributed by atoms with E-state index in [0.29, 0.717) is 11.7 Å². The van der Waals surface area contributed by atoms with Gasteiger partial charge in [0, 0.05) is 12.5 Å². The summed E-state index contributed by atoms with van der Waals surface area (Å²) in [7, 11) is 0. The number of hydrogen-bond acceptors (Lipinski definition) is 2. The predicted molar refractivity (Wildman–Crippen MR) is 72.9 cm³/mol. The Balaban J connectivity index is 2.25. The highest BCUT2D eigenvalue weighted by Crippen LogP contribution is 2.25. The van der Waals surface area contributed by atoms with Crippen molar-refractivity contribution >= 4 is 5.78 Å². The van der Waals surface area contributed by atoms with E-state index in [-0.39, 0.29) is 5.78 Å². The standard InChI is InChI=1S/C16H18O2/c1-4-11(2)13-5-7-14(8-6-13)16-10-9-15(18-16)12(3)17/h5-11H,4H2,1-3H3. The maximum absolute atomic E-state index is 11.2. The van der Waals surface area contributed by atoms with Gasteiger partial charge in [0.05, 0.1) is 0 Å². The maximum Gasteiger partial charge on any atom is 0.194 e. The average Bonchev–Trinajstić information content (AvgIpc) is 2.88. The van der Waals surface area contributed by atoms with E-state index in [9.17, 15) is 4.79 Å². The molecular formula is C16H18O2. The first-order valence-corrected chi connectivity index (χ1v) is 6.33. The van der Waals surface area contributed by atoms with Crippen molar-refractivity contribution in [3.8, 4) is 11.3 Å². The first kappa shape index (κ1) is 12.6. The Morgan fingerprint density at radius 3 is 2.33 bits per heavy atom. The molecule has 0 aliphatic rings. The Kier molecular flexibility index (Phi) is 3.66. The first-order chi connectivity index (χ1) is 8.61. The van der Waals surface area contributed by atoms with Crippen molar-refractivity contribution in [2.75, 3.05) is 0 Å². The van der Waals surface area contributed by atoms with Crippen LogP contribution in [0.3, 0.4) is 0 Å². The van der Waals surface area contributed by atoms with Crippen LogP contribution in [0.1, 0.15) is 49.2 Å². The predicted octanol–water partition coefficient (Wildman–Crippen LogP) is 4.66. The Morgan fingerprint density at radius 2 is 1.83 bits per heavy atom. The topological polar surface area (TPSA) is 30.2 Å². The number of carbonyl (C=O) groups excluding carboxylic acids is 1. The lowest BCUT2D eigenvalue weighted by Gasteiger charge is -2.08. The van der Waals surface area contributed by atoms with Gasteiger partial charge < -0.3 is 4.42 Å². The minimum Gasteiger partial charge on any atom is -0.453 e. The van der Waals surface area contributed by atoms with E-state index < -0.39 is 0 Å². The van der Waals surface area contributed by atoms with E-state index in [1.54, 1.807) is 6.07 Å². The van der Waals surface area contributed by atoms with Crippen molar-refractivity contribution in [1.29, 1.82) is 0 Å². The SMILES string of the molecule is CCC(C)c1ccc(-c2ccc(C(C)=O)o2)cc1. The minimum atomic E-state index is -0.0440. The van der Waals surface area contributed by atoms with Gasteiger partial charge in [-0.15, -0.1) is 0 Å². The molecule has 0 spiro atoms. The Hall–Kier alpha value is -1.83. The van der Waals surface area contributed by atoms with Crippen LogP contribution in [0.25, 0.3) is 11.3 Å². The smallest absolute Gasteiger partial charge is 0.194 e. The normalized spacial score (nSPS) is 12.4. The average molecular weight is 242 g/mol. The van der Waals surface area contributed by atoms with Gasteiger partial charge in [-0.1, -0.05) is 38.1 Å². The summed E-state index contributed by atoms with van der Waals surface area (Å²) in [6.07, 6.45) is 1.13. The molecule has 0 radical (unpaired) electrons. The van der Waals surface area contributed by atoms with E-state index in [0.717, 1.165) is 17.7 Å². The van der Waals surface area contributed by atoms with E-state index in [2.05, 4.69) is 26.0 Å². The molecule has 0 aliphatic carbocycles. The van der Waals surface area contributed by atoms with Gasteiger partial charge in [-0.3, -0.25) is 4.79 Å². The highest BCUT2D eigenvalue weighted by Gasteiger charge is 2.09. The van der Waals surface area contributed by atoms with Gasteiger partial charge in [-0.25, -0.2) is 0 Å². The zero-order valence-electron chi connectivity index (χ0n) is 11.1. The van der Waals surface area contributed by atoms with E-state index in [1.807, 2.05) is 18.2 Å². The number of benzene rings is 1. The zero-order chi connectivity index (χ0) is 13.1. The fourth-order valence-corrected chi connectivity index (χ4v) is 1.89. The quantitative estimate of drug-likeness (QED) is 0.730. The number of hydrogen-bond donors (Lipinski definition) is 0. The summed E-state index contributed by atoms with van der Waals surface area (Å²) in [4.78, 5) is 11.2. The molecule has 2 nitrogen and oxygen atoms in total. The molecule has 1 aromatic carbocycles. The van der Waals surface area contributed by atoms with Crippen LogP contribution in [0, 0.1) is 0 Å². The molecule has 1 atom stereocenters. The number of furan rings is 1. The third-order valence-corrected chi connectivity index (χ3v) is 3.33. The highest BCUT2D eigenvalue weighted by molar-refractivity contribution is 5.91. The Morgan fingerprint density at radius 1 is 1.17 bits per heavy atom. The molecule has 1 unspecified atom stereocenters. The van der Waals surface area contributed by atoms with Crippen LogP contribution in [0.4, 0.5) is 0 Å². The van der Waals surface area contributed by atoms with Crippen molar-refractivity contribution in [3.63, 3.8) is 0 Å².